The van der Waals surface area contributed by atoms with Crippen LogP contribution in [0.4, 0.5) is 0 Å². The lowest BCUT2D eigenvalue weighted by molar-refractivity contribution is 0.301. The van der Waals surface area contributed by atoms with Crippen molar-refractivity contribution in [3.05, 3.63) is 29.3 Å². The first kappa shape index (κ1) is 8.69. The molecule has 3 heteroatoms. The molecular weight excluding hydrogens is 183 g/mol. The smallest absolute Gasteiger partial charge is 0.169 e. The molecular formula is C8H8Cl2O. The van der Waals surface area contributed by atoms with Crippen LogP contribution in [0, 0.1) is 0 Å². The van der Waals surface area contributed by atoms with E-state index in [1.54, 1.807) is 31.2 Å². The molecule has 1 nitrogen and oxygen atoms in total. The molecule has 0 bridgehead atoms. The van der Waals surface area contributed by atoms with Crippen LogP contribution in [0.15, 0.2) is 24.3 Å². The van der Waals surface area contributed by atoms with Gasteiger partial charge in [-0.15, -0.1) is 0 Å². The lowest BCUT2D eigenvalue weighted by Crippen LogP contribution is -2.01. The number of alkyl halides is 1. The van der Waals surface area contributed by atoms with E-state index in [2.05, 4.69) is 0 Å². The van der Waals surface area contributed by atoms with Crippen LogP contribution in [-0.4, -0.2) is 5.56 Å². The minimum atomic E-state index is -0.309. The summed E-state index contributed by atoms with van der Waals surface area (Å²) >= 11 is 11.3. The van der Waals surface area contributed by atoms with Gasteiger partial charge < -0.3 is 4.74 Å². The van der Waals surface area contributed by atoms with E-state index in [-0.39, 0.29) is 5.56 Å². The van der Waals surface area contributed by atoms with Gasteiger partial charge in [-0.3, -0.25) is 0 Å². The zero-order valence-corrected chi connectivity index (χ0v) is 7.56. The molecule has 11 heavy (non-hydrogen) atoms. The Balaban J connectivity index is 2.66. The van der Waals surface area contributed by atoms with Crippen LogP contribution in [-0.2, 0) is 0 Å². The first-order valence-electron chi connectivity index (χ1n) is 3.25. The summed E-state index contributed by atoms with van der Waals surface area (Å²) in [6.07, 6.45) is 0. The Kier molecular flexibility index (Phi) is 3.03. The predicted octanol–water partition coefficient (Wildman–Crippen LogP) is 3.30. The summed E-state index contributed by atoms with van der Waals surface area (Å²) in [5, 5.41) is 0.694. The molecule has 1 unspecified atom stereocenters. The zero-order chi connectivity index (χ0) is 8.27. The minimum Gasteiger partial charge on any atom is -0.475 e. The van der Waals surface area contributed by atoms with E-state index in [4.69, 9.17) is 27.9 Å². The average Bonchev–Trinajstić information content (AvgIpc) is 1.93. The summed E-state index contributed by atoms with van der Waals surface area (Å²) in [6.45, 7) is 1.76. The standard InChI is InChI=1S/C8H8Cl2O/c1-6(9)11-8-4-2-7(10)3-5-8/h2-6H,1H3. The van der Waals surface area contributed by atoms with E-state index in [0.717, 1.165) is 5.75 Å². The Labute approximate surface area is 75.9 Å². The molecule has 60 valence electrons. The van der Waals surface area contributed by atoms with Crippen molar-refractivity contribution in [3.8, 4) is 5.75 Å². The molecule has 1 atom stereocenters. The lowest BCUT2D eigenvalue weighted by Gasteiger charge is -2.06. The highest BCUT2D eigenvalue weighted by atomic mass is 35.5. The Morgan fingerprint density at radius 1 is 1.27 bits per heavy atom. The van der Waals surface area contributed by atoms with Crippen LogP contribution in [0.25, 0.3) is 0 Å². The van der Waals surface area contributed by atoms with Gasteiger partial charge in [0.15, 0.2) is 5.56 Å². The van der Waals surface area contributed by atoms with Crippen molar-refractivity contribution in [2.45, 2.75) is 12.5 Å². The normalized spacial score (nSPS) is 12.6. The van der Waals surface area contributed by atoms with Crippen LogP contribution >= 0.6 is 23.2 Å². The van der Waals surface area contributed by atoms with Crippen molar-refractivity contribution in [1.82, 2.24) is 0 Å². The van der Waals surface area contributed by atoms with Gasteiger partial charge in [-0.2, -0.15) is 0 Å². The topological polar surface area (TPSA) is 9.23 Å². The minimum absolute atomic E-state index is 0.309. The van der Waals surface area contributed by atoms with Gasteiger partial charge in [-0.05, 0) is 31.2 Å². The quantitative estimate of drug-likeness (QED) is 0.651. The number of hydrogen-bond donors (Lipinski definition) is 0. The summed E-state index contributed by atoms with van der Waals surface area (Å²) in [5.41, 5.74) is -0.309. The van der Waals surface area contributed by atoms with Crippen molar-refractivity contribution in [3.63, 3.8) is 0 Å². The largest absolute Gasteiger partial charge is 0.475 e. The number of hydrogen-bond acceptors (Lipinski definition) is 1. The maximum Gasteiger partial charge on any atom is 0.169 e. The maximum atomic E-state index is 5.66. The first-order valence-corrected chi connectivity index (χ1v) is 4.06. The van der Waals surface area contributed by atoms with Crippen molar-refractivity contribution in [2.24, 2.45) is 0 Å². The molecule has 1 aromatic rings. The predicted molar refractivity (Wildman–Crippen MR) is 47.4 cm³/mol. The molecule has 1 aromatic carbocycles. The molecule has 0 aliphatic heterocycles. The second kappa shape index (κ2) is 3.84. The van der Waals surface area contributed by atoms with Crippen LogP contribution in [0.5, 0.6) is 5.75 Å². The molecule has 0 spiro atoms. The molecule has 0 amide bonds. The van der Waals surface area contributed by atoms with Gasteiger partial charge >= 0.3 is 0 Å². The lowest BCUT2D eigenvalue weighted by atomic mass is 10.3. The highest BCUT2D eigenvalue weighted by Gasteiger charge is 1.97. The highest BCUT2D eigenvalue weighted by Crippen LogP contribution is 2.17. The third-order valence-electron chi connectivity index (χ3n) is 1.11. The Bertz CT molecular complexity index is 218. The van der Waals surface area contributed by atoms with Gasteiger partial charge in [0.1, 0.15) is 5.75 Å². The van der Waals surface area contributed by atoms with Crippen molar-refractivity contribution < 1.29 is 4.74 Å². The Hall–Kier alpha value is -0.400. The van der Waals surface area contributed by atoms with Crippen LogP contribution < -0.4 is 4.74 Å². The number of benzene rings is 1. The number of rotatable bonds is 2. The summed E-state index contributed by atoms with van der Waals surface area (Å²) in [7, 11) is 0. The van der Waals surface area contributed by atoms with E-state index in [1.165, 1.54) is 0 Å². The van der Waals surface area contributed by atoms with Crippen molar-refractivity contribution in [2.75, 3.05) is 0 Å². The molecule has 0 saturated carbocycles. The molecule has 0 aromatic heterocycles. The average molecular weight is 191 g/mol. The van der Waals surface area contributed by atoms with E-state index in [9.17, 15) is 0 Å². The molecule has 0 heterocycles. The van der Waals surface area contributed by atoms with Gasteiger partial charge in [0, 0.05) is 5.02 Å². The van der Waals surface area contributed by atoms with E-state index >= 15 is 0 Å². The van der Waals surface area contributed by atoms with Gasteiger partial charge in [-0.25, -0.2) is 0 Å². The van der Waals surface area contributed by atoms with Crippen LogP contribution in [0.1, 0.15) is 6.92 Å². The summed E-state index contributed by atoms with van der Waals surface area (Å²) in [6, 6.07) is 7.08. The van der Waals surface area contributed by atoms with Gasteiger partial charge in [0.2, 0.25) is 0 Å². The van der Waals surface area contributed by atoms with Crippen LogP contribution in [0.2, 0.25) is 5.02 Å². The number of ether oxygens (including phenoxy) is 1. The fraction of sp³-hybridized carbons (Fsp3) is 0.250. The molecule has 0 aliphatic rings. The number of halogens is 2. The molecule has 0 N–H and O–H groups in total. The molecule has 1 rings (SSSR count). The summed E-state index contributed by atoms with van der Waals surface area (Å²) in [4.78, 5) is 0. The van der Waals surface area contributed by atoms with Crippen molar-refractivity contribution in [1.29, 1.82) is 0 Å². The fourth-order valence-electron chi connectivity index (χ4n) is 0.701. The molecule has 0 saturated heterocycles. The van der Waals surface area contributed by atoms with Crippen LogP contribution in [0.3, 0.4) is 0 Å². The summed E-state index contributed by atoms with van der Waals surface area (Å²) < 4.78 is 5.18. The third kappa shape index (κ3) is 3.00. The van der Waals surface area contributed by atoms with E-state index < -0.39 is 0 Å². The third-order valence-corrected chi connectivity index (χ3v) is 1.45. The van der Waals surface area contributed by atoms with E-state index in [0.29, 0.717) is 5.02 Å². The zero-order valence-electron chi connectivity index (χ0n) is 6.05. The van der Waals surface area contributed by atoms with Crippen molar-refractivity contribution >= 4 is 23.2 Å². The molecule has 0 radical (unpaired) electrons. The SMILES string of the molecule is CC(Cl)Oc1ccc(Cl)cc1. The molecule has 0 aliphatic carbocycles. The first-order chi connectivity index (χ1) is 5.18. The second-order valence-electron chi connectivity index (χ2n) is 2.11. The fourth-order valence-corrected chi connectivity index (χ4v) is 0.930. The van der Waals surface area contributed by atoms with Gasteiger partial charge in [-0.1, -0.05) is 23.2 Å². The van der Waals surface area contributed by atoms with Gasteiger partial charge in [0.05, 0.1) is 0 Å². The summed E-state index contributed by atoms with van der Waals surface area (Å²) in [5.74, 6) is 0.733. The second-order valence-corrected chi connectivity index (χ2v) is 3.17. The Morgan fingerprint density at radius 3 is 2.27 bits per heavy atom. The van der Waals surface area contributed by atoms with Gasteiger partial charge in [0.25, 0.3) is 0 Å². The Morgan fingerprint density at radius 2 is 1.82 bits per heavy atom. The highest BCUT2D eigenvalue weighted by molar-refractivity contribution is 6.30. The maximum absolute atomic E-state index is 5.66. The molecule has 0 fully saturated rings. The monoisotopic (exact) mass is 190 g/mol. The van der Waals surface area contributed by atoms with E-state index in [1.807, 2.05) is 0 Å².